The molecule has 6 aromatic rings. The van der Waals surface area contributed by atoms with Crippen LogP contribution in [0.5, 0.6) is 11.5 Å². The summed E-state index contributed by atoms with van der Waals surface area (Å²) in [5.41, 5.74) is 11.2. The first kappa shape index (κ1) is 20.6. The first-order valence-electron chi connectivity index (χ1n) is 12.9. The molecule has 0 amide bonds. The standard InChI is InChI=1S/C36H24O/c1-36(26-11-3-2-4-12-26)31-15-6-5-13-27(31)28-19-17-24(21-32(28)36)25-18-20-29-30-14-7-9-23-10-8-16-33(35(23)30)37-34(29)22-25/h2-22H,1H3. The number of hydrogen-bond donors (Lipinski definition) is 0. The third kappa shape index (κ3) is 2.80. The highest BCUT2D eigenvalue weighted by Crippen LogP contribution is 2.53. The Hall–Kier alpha value is -4.62. The van der Waals surface area contributed by atoms with Crippen molar-refractivity contribution in [3.63, 3.8) is 0 Å². The molecule has 0 aromatic heterocycles. The van der Waals surface area contributed by atoms with Gasteiger partial charge in [0.25, 0.3) is 0 Å². The van der Waals surface area contributed by atoms with Crippen LogP contribution in [-0.2, 0) is 5.41 Å². The van der Waals surface area contributed by atoms with Crippen LogP contribution in [0.25, 0.3) is 44.2 Å². The molecule has 0 N–H and O–H groups in total. The van der Waals surface area contributed by atoms with Gasteiger partial charge in [0, 0.05) is 16.4 Å². The zero-order valence-electron chi connectivity index (χ0n) is 20.5. The van der Waals surface area contributed by atoms with Crippen molar-refractivity contribution in [2.75, 3.05) is 0 Å². The summed E-state index contributed by atoms with van der Waals surface area (Å²) in [5, 5.41) is 2.40. The summed E-state index contributed by atoms with van der Waals surface area (Å²) in [6, 6.07) is 46.1. The van der Waals surface area contributed by atoms with Crippen LogP contribution in [0.4, 0.5) is 0 Å². The maximum Gasteiger partial charge on any atom is 0.135 e. The number of benzene rings is 6. The molecule has 174 valence electrons. The number of ether oxygens (including phenoxy) is 1. The van der Waals surface area contributed by atoms with Crippen LogP contribution < -0.4 is 4.74 Å². The third-order valence-electron chi connectivity index (χ3n) is 8.36. The normalized spacial score (nSPS) is 16.6. The largest absolute Gasteiger partial charge is 0.456 e. The van der Waals surface area contributed by atoms with E-state index in [1.807, 2.05) is 0 Å². The average molecular weight is 473 g/mol. The number of hydrogen-bond acceptors (Lipinski definition) is 1. The van der Waals surface area contributed by atoms with E-state index >= 15 is 0 Å². The average Bonchev–Trinajstić information content (AvgIpc) is 3.22. The van der Waals surface area contributed by atoms with E-state index < -0.39 is 0 Å². The van der Waals surface area contributed by atoms with Crippen molar-refractivity contribution in [1.29, 1.82) is 0 Å². The van der Waals surface area contributed by atoms with Crippen molar-refractivity contribution >= 4 is 10.8 Å². The fraction of sp³-hybridized carbons (Fsp3) is 0.0556. The maximum atomic E-state index is 6.47. The van der Waals surface area contributed by atoms with Gasteiger partial charge in [-0.25, -0.2) is 0 Å². The number of rotatable bonds is 2. The van der Waals surface area contributed by atoms with Crippen LogP contribution in [0.1, 0.15) is 23.6 Å². The van der Waals surface area contributed by atoms with Crippen molar-refractivity contribution < 1.29 is 4.74 Å². The molecule has 0 radical (unpaired) electrons. The predicted octanol–water partition coefficient (Wildman–Crippen LogP) is 9.61. The van der Waals surface area contributed by atoms with Crippen molar-refractivity contribution in [3.05, 3.63) is 144 Å². The Labute approximate surface area is 216 Å². The lowest BCUT2D eigenvalue weighted by Gasteiger charge is -2.28. The van der Waals surface area contributed by atoms with E-state index in [1.165, 1.54) is 55.3 Å². The van der Waals surface area contributed by atoms with Crippen LogP contribution in [0.15, 0.2) is 127 Å². The Morgan fingerprint density at radius 3 is 2.03 bits per heavy atom. The minimum absolute atomic E-state index is 0.206. The van der Waals surface area contributed by atoms with Crippen LogP contribution in [0, 0.1) is 0 Å². The molecule has 2 aliphatic rings. The minimum Gasteiger partial charge on any atom is -0.456 e. The molecule has 0 bridgehead atoms. The summed E-state index contributed by atoms with van der Waals surface area (Å²) < 4.78 is 6.47. The topological polar surface area (TPSA) is 9.23 Å². The van der Waals surface area contributed by atoms with E-state index in [1.54, 1.807) is 0 Å². The van der Waals surface area contributed by atoms with Gasteiger partial charge < -0.3 is 4.74 Å². The van der Waals surface area contributed by atoms with Crippen LogP contribution in [0.3, 0.4) is 0 Å². The fourth-order valence-corrected chi connectivity index (χ4v) is 6.50. The van der Waals surface area contributed by atoms with E-state index in [0.29, 0.717) is 0 Å². The molecule has 1 heterocycles. The summed E-state index contributed by atoms with van der Waals surface area (Å²) in [6.07, 6.45) is 0. The van der Waals surface area contributed by atoms with Gasteiger partial charge in [0.05, 0.1) is 0 Å². The Morgan fingerprint density at radius 2 is 1.16 bits per heavy atom. The molecule has 0 spiro atoms. The summed E-state index contributed by atoms with van der Waals surface area (Å²) in [7, 11) is 0. The van der Waals surface area contributed by atoms with E-state index in [2.05, 4.69) is 134 Å². The minimum atomic E-state index is -0.206. The quantitative estimate of drug-likeness (QED) is 0.243. The summed E-state index contributed by atoms with van der Waals surface area (Å²) in [5.74, 6) is 1.84. The second-order valence-corrected chi connectivity index (χ2v) is 10.3. The Kier molecular flexibility index (Phi) is 4.14. The molecule has 1 heteroatoms. The van der Waals surface area contributed by atoms with E-state index in [4.69, 9.17) is 4.74 Å². The van der Waals surface area contributed by atoms with Crippen molar-refractivity contribution in [3.8, 4) is 44.9 Å². The highest BCUT2D eigenvalue weighted by molar-refractivity contribution is 6.04. The summed E-state index contributed by atoms with van der Waals surface area (Å²) >= 11 is 0. The van der Waals surface area contributed by atoms with E-state index in [0.717, 1.165) is 17.1 Å². The third-order valence-corrected chi connectivity index (χ3v) is 8.36. The first-order valence-corrected chi connectivity index (χ1v) is 12.9. The van der Waals surface area contributed by atoms with Crippen molar-refractivity contribution in [1.82, 2.24) is 0 Å². The molecular weight excluding hydrogens is 448 g/mol. The molecule has 6 aromatic carbocycles. The van der Waals surface area contributed by atoms with Gasteiger partial charge in [0.15, 0.2) is 0 Å². The highest BCUT2D eigenvalue weighted by atomic mass is 16.5. The predicted molar refractivity (Wildman–Crippen MR) is 152 cm³/mol. The highest BCUT2D eigenvalue weighted by Gasteiger charge is 2.40. The monoisotopic (exact) mass is 472 g/mol. The van der Waals surface area contributed by atoms with Gasteiger partial charge in [0.1, 0.15) is 11.5 Å². The molecule has 1 unspecified atom stereocenters. The van der Waals surface area contributed by atoms with Gasteiger partial charge in [-0.1, -0.05) is 103 Å². The smallest absolute Gasteiger partial charge is 0.135 e. The molecule has 1 aliphatic carbocycles. The van der Waals surface area contributed by atoms with Crippen molar-refractivity contribution in [2.24, 2.45) is 0 Å². The second kappa shape index (κ2) is 7.44. The zero-order valence-corrected chi connectivity index (χ0v) is 20.5. The van der Waals surface area contributed by atoms with Gasteiger partial charge in [-0.15, -0.1) is 0 Å². The molecule has 1 atom stereocenters. The Balaban J connectivity index is 1.30. The van der Waals surface area contributed by atoms with Gasteiger partial charge >= 0.3 is 0 Å². The van der Waals surface area contributed by atoms with Crippen LogP contribution >= 0.6 is 0 Å². The lowest BCUT2D eigenvalue weighted by molar-refractivity contribution is 0.487. The molecule has 8 rings (SSSR count). The Bertz CT molecular complexity index is 1860. The van der Waals surface area contributed by atoms with Crippen LogP contribution in [0.2, 0.25) is 0 Å². The van der Waals surface area contributed by atoms with Gasteiger partial charge in [-0.2, -0.15) is 0 Å². The van der Waals surface area contributed by atoms with Crippen molar-refractivity contribution in [2.45, 2.75) is 12.3 Å². The molecule has 37 heavy (non-hydrogen) atoms. The van der Waals surface area contributed by atoms with E-state index in [-0.39, 0.29) is 5.41 Å². The molecule has 0 saturated heterocycles. The fourth-order valence-electron chi connectivity index (χ4n) is 6.50. The molecule has 1 aliphatic heterocycles. The van der Waals surface area contributed by atoms with Crippen LogP contribution in [-0.4, -0.2) is 0 Å². The maximum absolute atomic E-state index is 6.47. The molecule has 1 nitrogen and oxygen atoms in total. The van der Waals surface area contributed by atoms with Gasteiger partial charge in [0.2, 0.25) is 0 Å². The molecular formula is C36H24O. The Morgan fingerprint density at radius 1 is 0.486 bits per heavy atom. The SMILES string of the molecule is CC1(c2ccccc2)c2ccccc2-c2ccc(-c3ccc4c(c3)Oc3cccc5cccc-4c35)cc21. The molecule has 0 saturated carbocycles. The zero-order chi connectivity index (χ0) is 24.6. The lowest BCUT2D eigenvalue weighted by Crippen LogP contribution is -2.22. The molecule has 0 fully saturated rings. The summed E-state index contributed by atoms with van der Waals surface area (Å²) in [6.45, 7) is 2.37. The number of fused-ring (bicyclic) bond motifs is 5. The van der Waals surface area contributed by atoms with Gasteiger partial charge in [-0.3, -0.25) is 0 Å². The first-order chi connectivity index (χ1) is 18.2. The van der Waals surface area contributed by atoms with Gasteiger partial charge in [-0.05, 0) is 81.1 Å². The second-order valence-electron chi connectivity index (χ2n) is 10.3. The van der Waals surface area contributed by atoms with E-state index in [9.17, 15) is 0 Å². The summed E-state index contributed by atoms with van der Waals surface area (Å²) in [4.78, 5) is 0. The lowest BCUT2D eigenvalue weighted by atomic mass is 9.74.